The smallest absolute Gasteiger partial charge is 0.234 e. The lowest BCUT2D eigenvalue weighted by molar-refractivity contribution is -0.130. The summed E-state index contributed by atoms with van der Waals surface area (Å²) in [7, 11) is 0. The monoisotopic (exact) mass is 293 g/mol. The zero-order valence-corrected chi connectivity index (χ0v) is 13.0. The maximum absolute atomic E-state index is 12.1. The summed E-state index contributed by atoms with van der Waals surface area (Å²) in [4.78, 5) is 28.1. The van der Waals surface area contributed by atoms with E-state index < -0.39 is 0 Å². The number of hydrogen-bond donors (Lipinski definition) is 1. The molecule has 1 aliphatic carbocycles. The molecule has 118 valence electrons. The molecule has 3 fully saturated rings. The molecule has 1 saturated carbocycles. The van der Waals surface area contributed by atoms with E-state index in [1.807, 2.05) is 4.90 Å². The van der Waals surface area contributed by atoms with Gasteiger partial charge < -0.3 is 10.2 Å². The Balaban J connectivity index is 1.54. The molecule has 0 aromatic carbocycles. The highest BCUT2D eigenvalue weighted by molar-refractivity contribution is 5.78. The van der Waals surface area contributed by atoms with Crippen LogP contribution in [0.15, 0.2) is 0 Å². The molecule has 3 aliphatic rings. The van der Waals surface area contributed by atoms with Crippen molar-refractivity contribution in [2.24, 2.45) is 5.92 Å². The van der Waals surface area contributed by atoms with Gasteiger partial charge in [-0.1, -0.05) is 0 Å². The van der Waals surface area contributed by atoms with Crippen LogP contribution < -0.4 is 5.32 Å². The van der Waals surface area contributed by atoms with E-state index in [0.29, 0.717) is 18.6 Å². The highest BCUT2D eigenvalue weighted by Gasteiger charge is 2.39. The Morgan fingerprint density at radius 1 is 1.05 bits per heavy atom. The molecule has 0 radical (unpaired) electrons. The van der Waals surface area contributed by atoms with Gasteiger partial charge in [-0.3, -0.25) is 14.5 Å². The summed E-state index contributed by atoms with van der Waals surface area (Å²) < 4.78 is 0. The van der Waals surface area contributed by atoms with E-state index in [1.54, 1.807) is 6.92 Å². The fourth-order valence-corrected chi connectivity index (χ4v) is 3.89. The van der Waals surface area contributed by atoms with E-state index >= 15 is 0 Å². The second-order valence-electron chi connectivity index (χ2n) is 6.85. The van der Waals surface area contributed by atoms with Crippen molar-refractivity contribution < 1.29 is 9.59 Å². The summed E-state index contributed by atoms with van der Waals surface area (Å²) in [6.45, 7) is 4.89. The van der Waals surface area contributed by atoms with Crippen molar-refractivity contribution in [3.63, 3.8) is 0 Å². The van der Waals surface area contributed by atoms with Gasteiger partial charge in [0.2, 0.25) is 11.8 Å². The maximum Gasteiger partial charge on any atom is 0.234 e. The summed E-state index contributed by atoms with van der Waals surface area (Å²) in [5, 5.41) is 3.06. The van der Waals surface area contributed by atoms with E-state index in [-0.39, 0.29) is 11.8 Å². The van der Waals surface area contributed by atoms with Crippen LogP contribution in [0.1, 0.15) is 45.4 Å². The number of rotatable bonds is 5. The average molecular weight is 293 g/mol. The van der Waals surface area contributed by atoms with Crippen LogP contribution >= 0.6 is 0 Å². The van der Waals surface area contributed by atoms with E-state index in [1.165, 1.54) is 12.8 Å². The van der Waals surface area contributed by atoms with E-state index in [9.17, 15) is 9.59 Å². The fourth-order valence-electron chi connectivity index (χ4n) is 3.89. The molecule has 0 unspecified atom stereocenters. The fraction of sp³-hybridized carbons (Fsp3) is 0.875. The van der Waals surface area contributed by atoms with Gasteiger partial charge in [0.25, 0.3) is 0 Å². The summed E-state index contributed by atoms with van der Waals surface area (Å²) in [6.07, 6.45) is 6.98. The van der Waals surface area contributed by atoms with Crippen molar-refractivity contribution in [2.45, 2.75) is 57.5 Å². The SMILES string of the molecule is CC(=O)N1CCC[C@@H]1[C@@H]1CCCN1CC(=O)NCC1CC1. The van der Waals surface area contributed by atoms with E-state index in [2.05, 4.69) is 10.2 Å². The Kier molecular flexibility index (Phi) is 4.48. The standard InChI is InChI=1S/C16H27N3O2/c1-12(20)19-9-3-5-15(19)14-4-2-8-18(14)11-16(21)17-10-13-6-7-13/h13-15H,2-11H2,1H3,(H,17,21)/t14-,15+/m0/s1. The number of carbonyl (C=O) groups excluding carboxylic acids is 2. The molecule has 0 aromatic rings. The third-order valence-corrected chi connectivity index (χ3v) is 5.19. The number of nitrogens with zero attached hydrogens (tertiary/aromatic N) is 2. The summed E-state index contributed by atoms with van der Waals surface area (Å²) in [5.74, 6) is 1.06. The zero-order valence-electron chi connectivity index (χ0n) is 13.0. The molecular weight excluding hydrogens is 266 g/mol. The van der Waals surface area contributed by atoms with Crippen molar-refractivity contribution in [3.8, 4) is 0 Å². The predicted molar refractivity (Wildman–Crippen MR) is 80.7 cm³/mol. The normalized spacial score (nSPS) is 29.9. The molecule has 0 spiro atoms. The van der Waals surface area contributed by atoms with Crippen LogP contribution in [0.2, 0.25) is 0 Å². The van der Waals surface area contributed by atoms with Crippen molar-refractivity contribution >= 4 is 11.8 Å². The maximum atomic E-state index is 12.1. The molecular formula is C16H27N3O2. The number of carbonyl (C=O) groups is 2. The van der Waals surface area contributed by atoms with Crippen LogP contribution in [-0.2, 0) is 9.59 Å². The highest BCUT2D eigenvalue weighted by Crippen LogP contribution is 2.30. The molecule has 2 saturated heterocycles. The molecule has 2 heterocycles. The molecule has 5 heteroatoms. The second-order valence-corrected chi connectivity index (χ2v) is 6.85. The van der Waals surface area contributed by atoms with Gasteiger partial charge in [0.1, 0.15) is 0 Å². The van der Waals surface area contributed by atoms with Gasteiger partial charge in [0.15, 0.2) is 0 Å². The minimum Gasteiger partial charge on any atom is -0.355 e. The molecule has 0 bridgehead atoms. The second kappa shape index (κ2) is 6.34. The quantitative estimate of drug-likeness (QED) is 0.822. The lowest BCUT2D eigenvalue weighted by Crippen LogP contribution is -2.50. The van der Waals surface area contributed by atoms with Crippen LogP contribution in [-0.4, -0.2) is 59.9 Å². The molecule has 2 amide bonds. The summed E-state index contributed by atoms with van der Waals surface area (Å²) in [5.41, 5.74) is 0. The van der Waals surface area contributed by atoms with Gasteiger partial charge in [-0.25, -0.2) is 0 Å². The van der Waals surface area contributed by atoms with Gasteiger partial charge in [-0.2, -0.15) is 0 Å². The van der Waals surface area contributed by atoms with Crippen LogP contribution in [0, 0.1) is 5.92 Å². The van der Waals surface area contributed by atoms with Crippen LogP contribution in [0.3, 0.4) is 0 Å². The van der Waals surface area contributed by atoms with E-state index in [4.69, 9.17) is 0 Å². The van der Waals surface area contributed by atoms with Gasteiger partial charge >= 0.3 is 0 Å². The zero-order chi connectivity index (χ0) is 14.8. The van der Waals surface area contributed by atoms with Crippen molar-refractivity contribution in [2.75, 3.05) is 26.2 Å². The Labute approximate surface area is 127 Å². The third-order valence-electron chi connectivity index (χ3n) is 5.19. The first-order chi connectivity index (χ1) is 10.1. The Bertz CT molecular complexity index is 408. The lowest BCUT2D eigenvalue weighted by Gasteiger charge is -2.34. The van der Waals surface area contributed by atoms with E-state index in [0.717, 1.165) is 51.2 Å². The topological polar surface area (TPSA) is 52.7 Å². The molecule has 1 N–H and O–H groups in total. The lowest BCUT2D eigenvalue weighted by atomic mass is 10.0. The van der Waals surface area contributed by atoms with Crippen molar-refractivity contribution in [3.05, 3.63) is 0 Å². The Morgan fingerprint density at radius 3 is 2.48 bits per heavy atom. The Hall–Kier alpha value is -1.10. The van der Waals surface area contributed by atoms with Crippen LogP contribution in [0.4, 0.5) is 0 Å². The van der Waals surface area contributed by atoms with Gasteiger partial charge in [-0.05, 0) is 51.0 Å². The molecule has 5 nitrogen and oxygen atoms in total. The molecule has 21 heavy (non-hydrogen) atoms. The summed E-state index contributed by atoms with van der Waals surface area (Å²) >= 11 is 0. The minimum absolute atomic E-state index is 0.154. The minimum atomic E-state index is 0.154. The Morgan fingerprint density at radius 2 is 1.76 bits per heavy atom. The highest BCUT2D eigenvalue weighted by atomic mass is 16.2. The first kappa shape index (κ1) is 14.8. The molecule has 0 aromatic heterocycles. The van der Waals surface area contributed by atoms with Gasteiger partial charge in [0, 0.05) is 32.1 Å². The number of likely N-dealkylation sites (tertiary alicyclic amines) is 2. The van der Waals surface area contributed by atoms with Crippen molar-refractivity contribution in [1.82, 2.24) is 15.1 Å². The predicted octanol–water partition coefficient (Wildman–Crippen LogP) is 0.988. The molecule has 2 atom stereocenters. The number of nitrogens with one attached hydrogen (secondary N) is 1. The van der Waals surface area contributed by atoms with Crippen LogP contribution in [0.5, 0.6) is 0 Å². The molecule has 3 rings (SSSR count). The van der Waals surface area contributed by atoms with Crippen LogP contribution in [0.25, 0.3) is 0 Å². The first-order valence-electron chi connectivity index (χ1n) is 8.43. The first-order valence-corrected chi connectivity index (χ1v) is 8.43. The molecule has 2 aliphatic heterocycles. The third kappa shape index (κ3) is 3.57. The number of amides is 2. The largest absolute Gasteiger partial charge is 0.355 e. The number of hydrogen-bond acceptors (Lipinski definition) is 3. The van der Waals surface area contributed by atoms with Crippen molar-refractivity contribution in [1.29, 1.82) is 0 Å². The van der Waals surface area contributed by atoms with Gasteiger partial charge in [0.05, 0.1) is 6.54 Å². The van der Waals surface area contributed by atoms with Gasteiger partial charge in [-0.15, -0.1) is 0 Å². The average Bonchev–Trinajstić information content (AvgIpc) is 2.96. The summed E-state index contributed by atoms with van der Waals surface area (Å²) in [6, 6.07) is 0.698.